The Morgan fingerprint density at radius 2 is 2.07 bits per heavy atom. The van der Waals surface area contributed by atoms with E-state index < -0.39 is 0 Å². The Balaban J connectivity index is 1.56. The minimum Gasteiger partial charge on any atom is -0.352 e. The summed E-state index contributed by atoms with van der Waals surface area (Å²) in [6, 6.07) is 9.52. The van der Waals surface area contributed by atoms with Crippen LogP contribution >= 0.6 is 11.6 Å². The highest BCUT2D eigenvalue weighted by molar-refractivity contribution is 6.30. The molecule has 0 saturated heterocycles. The lowest BCUT2D eigenvalue weighted by molar-refractivity contribution is 0.0954. The van der Waals surface area contributed by atoms with Gasteiger partial charge in [0.25, 0.3) is 5.91 Å². The second-order valence-corrected chi connectivity index (χ2v) is 7.34. The summed E-state index contributed by atoms with van der Waals surface area (Å²) >= 11 is 5.87. The lowest BCUT2D eigenvalue weighted by atomic mass is 10.0. The van der Waals surface area contributed by atoms with Gasteiger partial charge in [-0.3, -0.25) is 14.2 Å². The summed E-state index contributed by atoms with van der Waals surface area (Å²) in [5, 5.41) is 13.0. The number of rotatable bonds is 6. The summed E-state index contributed by atoms with van der Waals surface area (Å²) < 4.78 is 3.52. The lowest BCUT2D eigenvalue weighted by Gasteiger charge is -2.10. The third-order valence-corrected chi connectivity index (χ3v) is 4.90. The molecular formula is C21H21ClN6O. The van der Waals surface area contributed by atoms with Crippen molar-refractivity contribution < 1.29 is 4.79 Å². The molecule has 0 aliphatic heterocycles. The van der Waals surface area contributed by atoms with Crippen LogP contribution in [0.4, 0.5) is 0 Å². The zero-order valence-corrected chi connectivity index (χ0v) is 17.0. The summed E-state index contributed by atoms with van der Waals surface area (Å²) in [6.07, 6.45) is 6.04. The van der Waals surface area contributed by atoms with Crippen LogP contribution in [0.15, 0.2) is 48.9 Å². The minimum absolute atomic E-state index is 0.120. The zero-order valence-electron chi connectivity index (χ0n) is 16.3. The van der Waals surface area contributed by atoms with Gasteiger partial charge in [-0.15, -0.1) is 0 Å². The number of aromatic nitrogens is 5. The van der Waals surface area contributed by atoms with E-state index in [4.69, 9.17) is 16.6 Å². The molecular weight excluding hydrogens is 388 g/mol. The van der Waals surface area contributed by atoms with Crippen molar-refractivity contribution >= 4 is 28.4 Å². The van der Waals surface area contributed by atoms with Crippen molar-refractivity contribution in [1.29, 1.82) is 0 Å². The van der Waals surface area contributed by atoms with E-state index in [2.05, 4.69) is 15.5 Å². The normalized spacial score (nSPS) is 11.1. The van der Waals surface area contributed by atoms with Crippen LogP contribution in [0.2, 0.25) is 5.02 Å². The zero-order chi connectivity index (χ0) is 20.4. The van der Waals surface area contributed by atoms with Gasteiger partial charge in [-0.25, -0.2) is 4.98 Å². The molecule has 0 saturated carbocycles. The van der Waals surface area contributed by atoms with Gasteiger partial charge in [-0.1, -0.05) is 29.8 Å². The largest absolute Gasteiger partial charge is 0.352 e. The van der Waals surface area contributed by atoms with Crippen molar-refractivity contribution in [3.05, 3.63) is 65.2 Å². The van der Waals surface area contributed by atoms with Crippen molar-refractivity contribution in [1.82, 2.24) is 29.9 Å². The molecule has 0 radical (unpaired) electrons. The van der Waals surface area contributed by atoms with E-state index in [1.165, 1.54) is 0 Å². The van der Waals surface area contributed by atoms with Crippen molar-refractivity contribution in [2.75, 3.05) is 6.54 Å². The molecule has 29 heavy (non-hydrogen) atoms. The van der Waals surface area contributed by atoms with E-state index in [0.717, 1.165) is 34.3 Å². The number of nitrogens with zero attached hydrogens (tertiary/aromatic N) is 5. The van der Waals surface area contributed by atoms with Gasteiger partial charge in [0.15, 0.2) is 0 Å². The lowest BCUT2D eigenvalue weighted by Crippen LogP contribution is -2.25. The molecule has 0 atom stereocenters. The van der Waals surface area contributed by atoms with E-state index in [-0.39, 0.29) is 5.91 Å². The van der Waals surface area contributed by atoms with Gasteiger partial charge in [0.2, 0.25) is 0 Å². The average Bonchev–Trinajstić information content (AvgIpc) is 3.28. The summed E-state index contributed by atoms with van der Waals surface area (Å²) in [4.78, 5) is 17.7. The van der Waals surface area contributed by atoms with Crippen LogP contribution in [-0.2, 0) is 13.6 Å². The fourth-order valence-corrected chi connectivity index (χ4v) is 3.51. The van der Waals surface area contributed by atoms with Crippen molar-refractivity contribution in [3.63, 3.8) is 0 Å². The van der Waals surface area contributed by atoms with Crippen LogP contribution in [-0.4, -0.2) is 37.0 Å². The van der Waals surface area contributed by atoms with Gasteiger partial charge in [0, 0.05) is 43.5 Å². The number of aryl methyl sites for hydroxylation is 3. The number of fused-ring (bicyclic) bond motifs is 1. The van der Waals surface area contributed by atoms with Crippen LogP contribution in [0.3, 0.4) is 0 Å². The summed E-state index contributed by atoms with van der Waals surface area (Å²) in [5.41, 5.74) is 3.92. The first-order valence-electron chi connectivity index (χ1n) is 9.38. The van der Waals surface area contributed by atoms with Crippen molar-refractivity contribution in [2.24, 2.45) is 7.05 Å². The molecule has 1 N–H and O–H groups in total. The van der Waals surface area contributed by atoms with Crippen LogP contribution < -0.4 is 5.32 Å². The predicted octanol–water partition coefficient (Wildman–Crippen LogP) is 3.61. The van der Waals surface area contributed by atoms with Crippen molar-refractivity contribution in [3.8, 4) is 11.3 Å². The summed E-state index contributed by atoms with van der Waals surface area (Å²) in [6.45, 7) is 3.16. The topological polar surface area (TPSA) is 77.6 Å². The third kappa shape index (κ3) is 4.14. The van der Waals surface area contributed by atoms with E-state index in [0.29, 0.717) is 23.7 Å². The Labute approximate surface area is 173 Å². The standard InChI is InChI=1S/C21H21ClN6O/c1-14-18(13-27(2)26-14)20-10-17(16-6-3-4-7-19(16)25-20)21(29)23-8-5-9-28-12-15(22)11-24-28/h3-4,6-7,10-13H,5,8-9H2,1-2H3,(H,23,29). The van der Waals surface area contributed by atoms with Crippen LogP contribution in [0.5, 0.6) is 0 Å². The molecule has 0 unspecified atom stereocenters. The van der Waals surface area contributed by atoms with Gasteiger partial charge in [0.05, 0.1) is 33.7 Å². The van der Waals surface area contributed by atoms with Gasteiger partial charge < -0.3 is 5.32 Å². The van der Waals surface area contributed by atoms with Gasteiger partial charge >= 0.3 is 0 Å². The number of carbonyl (C=O) groups is 1. The number of para-hydroxylation sites is 1. The third-order valence-electron chi connectivity index (χ3n) is 4.70. The van der Waals surface area contributed by atoms with Gasteiger partial charge in [-0.2, -0.15) is 10.2 Å². The molecule has 1 aromatic carbocycles. The number of halogens is 1. The van der Waals surface area contributed by atoms with E-state index in [9.17, 15) is 4.79 Å². The van der Waals surface area contributed by atoms with E-state index >= 15 is 0 Å². The van der Waals surface area contributed by atoms with Crippen LogP contribution in [0.1, 0.15) is 22.5 Å². The maximum absolute atomic E-state index is 12.9. The fraction of sp³-hybridized carbons (Fsp3) is 0.238. The molecule has 0 bridgehead atoms. The predicted molar refractivity (Wildman–Crippen MR) is 113 cm³/mol. The van der Waals surface area contributed by atoms with E-state index in [1.807, 2.05) is 50.5 Å². The first-order valence-corrected chi connectivity index (χ1v) is 9.75. The molecule has 3 heterocycles. The summed E-state index contributed by atoms with van der Waals surface area (Å²) in [7, 11) is 1.87. The highest BCUT2D eigenvalue weighted by Crippen LogP contribution is 2.26. The Hall–Kier alpha value is -3.19. The molecule has 4 aromatic rings. The number of carbonyl (C=O) groups excluding carboxylic acids is 1. The minimum atomic E-state index is -0.120. The Morgan fingerprint density at radius 3 is 2.79 bits per heavy atom. The molecule has 0 aliphatic carbocycles. The SMILES string of the molecule is Cc1nn(C)cc1-c1cc(C(=O)NCCCn2cc(Cl)cn2)c2ccccc2n1. The maximum Gasteiger partial charge on any atom is 0.252 e. The Morgan fingerprint density at radius 1 is 1.24 bits per heavy atom. The highest BCUT2D eigenvalue weighted by Gasteiger charge is 2.16. The van der Waals surface area contributed by atoms with Crippen LogP contribution in [0.25, 0.3) is 22.2 Å². The second-order valence-electron chi connectivity index (χ2n) is 6.91. The number of hydrogen-bond donors (Lipinski definition) is 1. The number of nitrogens with one attached hydrogen (secondary N) is 1. The smallest absolute Gasteiger partial charge is 0.252 e. The maximum atomic E-state index is 12.9. The average molecular weight is 409 g/mol. The number of benzene rings is 1. The molecule has 8 heteroatoms. The highest BCUT2D eigenvalue weighted by atomic mass is 35.5. The summed E-state index contributed by atoms with van der Waals surface area (Å²) in [5.74, 6) is -0.120. The first kappa shape index (κ1) is 19.1. The molecule has 7 nitrogen and oxygen atoms in total. The Kier molecular flexibility index (Phi) is 5.31. The molecule has 0 fully saturated rings. The van der Waals surface area contributed by atoms with E-state index in [1.54, 1.807) is 21.8 Å². The molecule has 1 amide bonds. The Bertz CT molecular complexity index is 1180. The first-order chi connectivity index (χ1) is 14.0. The number of pyridine rings is 1. The molecule has 4 rings (SSSR count). The fourth-order valence-electron chi connectivity index (χ4n) is 3.35. The molecule has 148 valence electrons. The van der Waals surface area contributed by atoms with Gasteiger partial charge in [0.1, 0.15) is 0 Å². The molecule has 3 aromatic heterocycles. The van der Waals surface area contributed by atoms with Crippen molar-refractivity contribution in [2.45, 2.75) is 19.9 Å². The molecule has 0 aliphatic rings. The monoisotopic (exact) mass is 408 g/mol. The van der Waals surface area contributed by atoms with Crippen LogP contribution in [0, 0.1) is 6.92 Å². The second kappa shape index (κ2) is 8.05. The van der Waals surface area contributed by atoms with Gasteiger partial charge in [-0.05, 0) is 25.5 Å². The quantitative estimate of drug-likeness (QED) is 0.494. The number of hydrogen-bond acceptors (Lipinski definition) is 4. The number of amides is 1. The molecule has 0 spiro atoms.